The third-order valence-electron chi connectivity index (χ3n) is 4.12. The fourth-order valence-corrected chi connectivity index (χ4v) is 2.92. The fraction of sp³-hybridized carbons (Fsp3) is 0.222. The van der Waals surface area contributed by atoms with Gasteiger partial charge in [-0.2, -0.15) is 0 Å². The number of nitrogens with zero attached hydrogens (tertiary/aromatic N) is 2. The number of benzene rings is 2. The number of hydrogen-bond acceptors (Lipinski definition) is 5. The molecule has 1 aliphatic heterocycles. The number of ketones is 1. The Hall–Kier alpha value is -2.02. The summed E-state index contributed by atoms with van der Waals surface area (Å²) in [5.41, 5.74) is 0.262. The van der Waals surface area contributed by atoms with Gasteiger partial charge in [0, 0.05) is 22.5 Å². The van der Waals surface area contributed by atoms with Crippen LogP contribution in [-0.2, 0) is 4.84 Å². The summed E-state index contributed by atoms with van der Waals surface area (Å²) in [6.45, 7) is 3.29. The standard InChI is InChI=1S/C18H17BrN2O3/c1-12-16(13-6-4-3-5-7-13)20-24-18(2,21(12)23)17(22)14-8-10-15(19)11-9-14/h3-12,23H,1-2H3/t12-,18+/m1/s1. The topological polar surface area (TPSA) is 62.1 Å². The van der Waals surface area contributed by atoms with E-state index in [2.05, 4.69) is 21.1 Å². The van der Waals surface area contributed by atoms with E-state index < -0.39 is 11.8 Å². The Labute approximate surface area is 148 Å². The second-order valence-electron chi connectivity index (χ2n) is 5.77. The molecule has 0 amide bonds. The lowest BCUT2D eigenvalue weighted by Gasteiger charge is -2.40. The molecule has 0 fully saturated rings. The Morgan fingerprint density at radius 3 is 2.46 bits per heavy atom. The second-order valence-corrected chi connectivity index (χ2v) is 6.69. The predicted molar refractivity (Wildman–Crippen MR) is 94.0 cm³/mol. The quantitative estimate of drug-likeness (QED) is 0.810. The van der Waals surface area contributed by atoms with Gasteiger partial charge < -0.3 is 10.0 Å². The summed E-state index contributed by atoms with van der Waals surface area (Å²) >= 11 is 3.33. The van der Waals surface area contributed by atoms with Crippen molar-refractivity contribution in [2.24, 2.45) is 5.16 Å². The maximum atomic E-state index is 12.8. The van der Waals surface area contributed by atoms with Crippen LogP contribution in [0.25, 0.3) is 0 Å². The minimum absolute atomic E-state index is 0.361. The van der Waals surface area contributed by atoms with Gasteiger partial charge in [0.25, 0.3) is 5.72 Å². The molecule has 0 unspecified atom stereocenters. The van der Waals surface area contributed by atoms with Gasteiger partial charge in [-0.15, -0.1) is 5.06 Å². The van der Waals surface area contributed by atoms with Crippen molar-refractivity contribution in [1.82, 2.24) is 5.06 Å². The summed E-state index contributed by atoms with van der Waals surface area (Å²) in [7, 11) is 0. The van der Waals surface area contributed by atoms with Crippen LogP contribution in [0.15, 0.2) is 64.2 Å². The van der Waals surface area contributed by atoms with E-state index >= 15 is 0 Å². The molecule has 3 rings (SSSR count). The van der Waals surface area contributed by atoms with Crippen molar-refractivity contribution in [1.29, 1.82) is 0 Å². The first kappa shape index (κ1) is 16.8. The van der Waals surface area contributed by atoms with Gasteiger partial charge in [-0.3, -0.25) is 4.79 Å². The van der Waals surface area contributed by atoms with Crippen LogP contribution in [0.3, 0.4) is 0 Å². The van der Waals surface area contributed by atoms with Crippen LogP contribution in [0.4, 0.5) is 0 Å². The number of hydroxylamine groups is 2. The molecular weight excluding hydrogens is 372 g/mol. The first-order valence-electron chi connectivity index (χ1n) is 7.53. The molecule has 1 heterocycles. The Balaban J connectivity index is 1.93. The van der Waals surface area contributed by atoms with Crippen LogP contribution in [0.1, 0.15) is 29.8 Å². The molecule has 0 bridgehead atoms. The lowest BCUT2D eigenvalue weighted by molar-refractivity contribution is -0.266. The summed E-state index contributed by atoms with van der Waals surface area (Å²) in [6, 6.07) is 15.8. The van der Waals surface area contributed by atoms with E-state index in [1.165, 1.54) is 6.92 Å². The monoisotopic (exact) mass is 388 g/mol. The highest BCUT2D eigenvalue weighted by molar-refractivity contribution is 9.10. The lowest BCUT2D eigenvalue weighted by atomic mass is 9.97. The van der Waals surface area contributed by atoms with Crippen LogP contribution < -0.4 is 0 Å². The Morgan fingerprint density at radius 1 is 1.21 bits per heavy atom. The average molecular weight is 389 g/mol. The molecule has 5 nitrogen and oxygen atoms in total. The van der Waals surface area contributed by atoms with E-state index in [0.29, 0.717) is 11.3 Å². The van der Waals surface area contributed by atoms with E-state index in [9.17, 15) is 10.0 Å². The number of carbonyl (C=O) groups excluding carboxylic acids is 1. The molecule has 0 saturated heterocycles. The van der Waals surface area contributed by atoms with Gasteiger partial charge in [0.05, 0.1) is 6.04 Å². The summed E-state index contributed by atoms with van der Waals surface area (Å²) in [6.07, 6.45) is 0. The highest BCUT2D eigenvalue weighted by Crippen LogP contribution is 2.29. The van der Waals surface area contributed by atoms with Crippen molar-refractivity contribution < 1.29 is 14.8 Å². The van der Waals surface area contributed by atoms with Gasteiger partial charge >= 0.3 is 0 Å². The summed E-state index contributed by atoms with van der Waals surface area (Å²) in [4.78, 5) is 18.3. The molecule has 0 saturated carbocycles. The zero-order valence-electron chi connectivity index (χ0n) is 13.3. The molecule has 2 atom stereocenters. The van der Waals surface area contributed by atoms with E-state index in [4.69, 9.17) is 4.84 Å². The fourth-order valence-electron chi connectivity index (χ4n) is 2.66. The molecule has 124 valence electrons. The normalized spacial score (nSPS) is 24.2. The number of Topliss-reactive ketones (excluding diaryl/α,β-unsaturated/α-hetero) is 1. The maximum absolute atomic E-state index is 12.8. The zero-order valence-corrected chi connectivity index (χ0v) is 14.9. The van der Waals surface area contributed by atoms with Gasteiger partial charge in [-0.1, -0.05) is 63.6 Å². The van der Waals surface area contributed by atoms with Gasteiger partial charge in [0.1, 0.15) is 5.71 Å². The molecule has 24 heavy (non-hydrogen) atoms. The molecule has 2 aromatic rings. The van der Waals surface area contributed by atoms with Crippen molar-refractivity contribution in [3.05, 3.63) is 70.2 Å². The van der Waals surface area contributed by atoms with Gasteiger partial charge in [-0.25, -0.2) is 0 Å². The van der Waals surface area contributed by atoms with Crippen molar-refractivity contribution >= 4 is 27.4 Å². The first-order chi connectivity index (χ1) is 11.4. The molecule has 1 N–H and O–H groups in total. The second kappa shape index (κ2) is 6.47. The first-order valence-corrected chi connectivity index (χ1v) is 8.33. The van der Waals surface area contributed by atoms with Crippen LogP contribution in [0.5, 0.6) is 0 Å². The SMILES string of the molecule is C[C@@H]1C(c2ccccc2)=NO[C@@](C)(C(=O)c2ccc(Br)cc2)N1O. The van der Waals surface area contributed by atoms with Crippen LogP contribution in [-0.4, -0.2) is 33.5 Å². The maximum Gasteiger partial charge on any atom is 0.272 e. The lowest BCUT2D eigenvalue weighted by Crippen LogP contribution is -2.60. The largest absolute Gasteiger partial charge is 0.362 e. The highest BCUT2D eigenvalue weighted by atomic mass is 79.9. The Morgan fingerprint density at radius 2 is 1.83 bits per heavy atom. The number of halogens is 1. The summed E-state index contributed by atoms with van der Waals surface area (Å²) in [5, 5.41) is 15.7. The highest BCUT2D eigenvalue weighted by Gasteiger charge is 2.49. The van der Waals surface area contributed by atoms with E-state index in [1.54, 1.807) is 31.2 Å². The zero-order chi connectivity index (χ0) is 17.3. The third kappa shape index (κ3) is 2.88. The van der Waals surface area contributed by atoms with Crippen LogP contribution >= 0.6 is 15.9 Å². The van der Waals surface area contributed by atoms with Crippen molar-refractivity contribution in [2.45, 2.75) is 25.6 Å². The molecule has 0 aliphatic carbocycles. The number of hydrogen-bond donors (Lipinski definition) is 1. The van der Waals surface area contributed by atoms with Crippen molar-refractivity contribution in [2.75, 3.05) is 0 Å². The third-order valence-corrected chi connectivity index (χ3v) is 4.65. The molecular formula is C18H17BrN2O3. The molecule has 6 heteroatoms. The molecule has 0 radical (unpaired) electrons. The molecule has 0 spiro atoms. The minimum atomic E-state index is -1.58. The smallest absolute Gasteiger partial charge is 0.272 e. The van der Waals surface area contributed by atoms with E-state index in [0.717, 1.165) is 15.1 Å². The summed E-state index contributed by atoms with van der Waals surface area (Å²) < 4.78 is 0.868. The molecule has 0 aromatic heterocycles. The number of oxime groups is 1. The van der Waals surface area contributed by atoms with Crippen molar-refractivity contribution in [3.63, 3.8) is 0 Å². The van der Waals surface area contributed by atoms with Gasteiger partial charge in [-0.05, 0) is 19.1 Å². The average Bonchev–Trinajstić information content (AvgIpc) is 2.61. The predicted octanol–water partition coefficient (Wildman–Crippen LogP) is 3.86. The Kier molecular flexibility index (Phi) is 4.54. The summed E-state index contributed by atoms with van der Waals surface area (Å²) in [5.74, 6) is -0.361. The molecule has 1 aliphatic rings. The van der Waals surface area contributed by atoms with E-state index in [-0.39, 0.29) is 5.78 Å². The van der Waals surface area contributed by atoms with Gasteiger partial charge in [0.15, 0.2) is 0 Å². The molecule has 2 aromatic carbocycles. The van der Waals surface area contributed by atoms with Crippen molar-refractivity contribution in [3.8, 4) is 0 Å². The minimum Gasteiger partial charge on any atom is -0.362 e. The Bertz CT molecular complexity index is 777. The van der Waals surface area contributed by atoms with Crippen LogP contribution in [0, 0.1) is 0 Å². The number of rotatable bonds is 3. The number of carbonyl (C=O) groups is 1. The van der Waals surface area contributed by atoms with Gasteiger partial charge in [0.2, 0.25) is 5.78 Å². The van der Waals surface area contributed by atoms with E-state index in [1.807, 2.05) is 30.3 Å². The van der Waals surface area contributed by atoms with Crippen LogP contribution in [0.2, 0.25) is 0 Å².